The molecule has 0 atom stereocenters. The average molecular weight is 297 g/mol. The van der Waals surface area contributed by atoms with Crippen molar-refractivity contribution < 1.29 is 14.7 Å². The topological polar surface area (TPSA) is 57.6 Å². The number of carbonyl (C=O) groups excluding carboxylic acids is 2. The number of amides is 2. The highest BCUT2D eigenvalue weighted by Crippen LogP contribution is 2.36. The molecule has 1 saturated heterocycles. The molecule has 3 rings (SSSR count). The van der Waals surface area contributed by atoms with Gasteiger partial charge in [-0.2, -0.15) is 0 Å². The Morgan fingerprint density at radius 3 is 2.48 bits per heavy atom. The molecule has 1 heterocycles. The number of nitrogens with zero attached hydrogens (tertiary/aromatic N) is 1. The van der Waals surface area contributed by atoms with Gasteiger partial charge in [0, 0.05) is 6.07 Å². The summed E-state index contributed by atoms with van der Waals surface area (Å²) in [5.41, 5.74) is 1.23. The zero-order chi connectivity index (χ0) is 14.8. The highest BCUT2D eigenvalue weighted by molar-refractivity contribution is 8.19. The van der Waals surface area contributed by atoms with Crippen molar-refractivity contribution >= 4 is 34.7 Å². The fourth-order valence-corrected chi connectivity index (χ4v) is 2.86. The molecule has 0 aliphatic carbocycles. The first-order chi connectivity index (χ1) is 10.1. The normalized spacial score (nSPS) is 16.8. The molecule has 0 unspecified atom stereocenters. The van der Waals surface area contributed by atoms with Crippen LogP contribution in [0.5, 0.6) is 5.75 Å². The van der Waals surface area contributed by atoms with E-state index in [-0.39, 0.29) is 16.9 Å². The van der Waals surface area contributed by atoms with E-state index in [0.717, 1.165) is 22.2 Å². The summed E-state index contributed by atoms with van der Waals surface area (Å²) < 4.78 is 0. The summed E-state index contributed by atoms with van der Waals surface area (Å²) in [6.07, 6.45) is 1.69. The average Bonchev–Trinajstić information content (AvgIpc) is 2.74. The van der Waals surface area contributed by atoms with Crippen molar-refractivity contribution in [3.8, 4) is 5.75 Å². The minimum absolute atomic E-state index is 0.0126. The quantitative estimate of drug-likeness (QED) is 0.860. The molecule has 21 heavy (non-hydrogen) atoms. The molecular weight excluding hydrogens is 286 g/mol. The van der Waals surface area contributed by atoms with Gasteiger partial charge in [-0.15, -0.1) is 0 Å². The molecule has 2 amide bonds. The van der Waals surface area contributed by atoms with Crippen LogP contribution in [0.1, 0.15) is 5.56 Å². The van der Waals surface area contributed by atoms with Crippen LogP contribution in [0.15, 0.2) is 59.5 Å². The lowest BCUT2D eigenvalue weighted by molar-refractivity contribution is -0.113. The Balaban J connectivity index is 1.94. The van der Waals surface area contributed by atoms with Crippen molar-refractivity contribution in [2.45, 2.75) is 0 Å². The lowest BCUT2D eigenvalue weighted by Crippen LogP contribution is -2.27. The second kappa shape index (κ2) is 5.46. The summed E-state index contributed by atoms with van der Waals surface area (Å²) in [4.78, 5) is 25.8. The number of thioether (sulfide) groups is 1. The van der Waals surface area contributed by atoms with Gasteiger partial charge in [-0.25, -0.2) is 4.90 Å². The van der Waals surface area contributed by atoms with Crippen LogP contribution in [0.25, 0.3) is 6.08 Å². The van der Waals surface area contributed by atoms with Crippen LogP contribution >= 0.6 is 11.8 Å². The molecule has 1 aliphatic heterocycles. The smallest absolute Gasteiger partial charge is 0.298 e. The molecule has 0 radical (unpaired) electrons. The van der Waals surface area contributed by atoms with Crippen molar-refractivity contribution in [2.24, 2.45) is 0 Å². The molecule has 4 nitrogen and oxygen atoms in total. The van der Waals surface area contributed by atoms with Crippen LogP contribution in [0.2, 0.25) is 0 Å². The number of benzene rings is 2. The summed E-state index contributed by atoms with van der Waals surface area (Å²) in [6.45, 7) is 0. The minimum Gasteiger partial charge on any atom is -0.508 e. The van der Waals surface area contributed by atoms with Gasteiger partial charge in [0.2, 0.25) is 0 Å². The third-order valence-corrected chi connectivity index (χ3v) is 3.85. The van der Waals surface area contributed by atoms with Gasteiger partial charge in [0.15, 0.2) is 0 Å². The number of carbonyl (C=O) groups is 2. The van der Waals surface area contributed by atoms with Crippen molar-refractivity contribution in [3.05, 3.63) is 65.1 Å². The number of hydrogen-bond acceptors (Lipinski definition) is 4. The third-order valence-electron chi connectivity index (χ3n) is 2.98. The molecule has 104 valence electrons. The Bertz CT molecular complexity index is 740. The fourth-order valence-electron chi connectivity index (χ4n) is 2.02. The number of phenolic OH excluding ortho intramolecular Hbond substituents is 1. The van der Waals surface area contributed by atoms with Crippen LogP contribution < -0.4 is 4.90 Å². The number of rotatable bonds is 2. The minimum atomic E-state index is -0.376. The molecule has 0 saturated carbocycles. The molecule has 2 aromatic rings. The highest BCUT2D eigenvalue weighted by Gasteiger charge is 2.36. The molecule has 5 heteroatoms. The summed E-state index contributed by atoms with van der Waals surface area (Å²) in [5, 5.41) is 9.11. The standard InChI is InChI=1S/C16H11NO3S/c18-13-8-4-7-12(10-13)17-15(19)14(21-16(17)20)9-11-5-2-1-3-6-11/h1-10,18H. The first kappa shape index (κ1) is 13.5. The van der Waals surface area contributed by atoms with Crippen LogP contribution in [-0.2, 0) is 4.79 Å². The molecule has 2 aromatic carbocycles. The number of anilines is 1. The predicted molar refractivity (Wildman–Crippen MR) is 83.0 cm³/mol. The van der Waals surface area contributed by atoms with Crippen molar-refractivity contribution in [3.63, 3.8) is 0 Å². The Morgan fingerprint density at radius 1 is 1.00 bits per heavy atom. The molecule has 1 N–H and O–H groups in total. The van der Waals surface area contributed by atoms with Crippen LogP contribution in [0.4, 0.5) is 10.5 Å². The maximum atomic E-state index is 12.4. The van der Waals surface area contributed by atoms with E-state index in [4.69, 9.17) is 0 Å². The molecular formula is C16H11NO3S. The first-order valence-corrected chi connectivity index (χ1v) is 7.09. The van der Waals surface area contributed by atoms with Gasteiger partial charge in [-0.3, -0.25) is 9.59 Å². The zero-order valence-electron chi connectivity index (χ0n) is 10.9. The van der Waals surface area contributed by atoms with Gasteiger partial charge < -0.3 is 5.11 Å². The number of aromatic hydroxyl groups is 1. The highest BCUT2D eigenvalue weighted by atomic mass is 32.2. The van der Waals surface area contributed by atoms with E-state index < -0.39 is 0 Å². The predicted octanol–water partition coefficient (Wildman–Crippen LogP) is 3.63. The van der Waals surface area contributed by atoms with Crippen LogP contribution in [0, 0.1) is 0 Å². The lowest BCUT2D eigenvalue weighted by Gasteiger charge is -2.12. The maximum Gasteiger partial charge on any atom is 0.298 e. The van der Waals surface area contributed by atoms with Gasteiger partial charge in [-0.1, -0.05) is 36.4 Å². The number of phenols is 1. The van der Waals surface area contributed by atoms with Gasteiger partial charge in [0.25, 0.3) is 11.1 Å². The lowest BCUT2D eigenvalue weighted by atomic mass is 10.2. The largest absolute Gasteiger partial charge is 0.508 e. The zero-order valence-corrected chi connectivity index (χ0v) is 11.7. The van der Waals surface area contributed by atoms with E-state index in [1.54, 1.807) is 18.2 Å². The Hall–Kier alpha value is -2.53. The number of hydrogen-bond donors (Lipinski definition) is 1. The summed E-state index contributed by atoms with van der Waals surface area (Å²) in [6, 6.07) is 15.4. The van der Waals surface area contributed by atoms with E-state index >= 15 is 0 Å². The Labute approximate surface area is 125 Å². The van der Waals surface area contributed by atoms with E-state index in [1.807, 2.05) is 30.3 Å². The summed E-state index contributed by atoms with van der Waals surface area (Å²) in [5.74, 6) is -0.363. The fraction of sp³-hybridized carbons (Fsp3) is 0. The van der Waals surface area contributed by atoms with E-state index in [2.05, 4.69) is 0 Å². The Morgan fingerprint density at radius 2 is 1.76 bits per heavy atom. The van der Waals surface area contributed by atoms with Crippen molar-refractivity contribution in [1.82, 2.24) is 0 Å². The summed E-state index contributed by atoms with van der Waals surface area (Å²) in [7, 11) is 0. The molecule has 1 aliphatic rings. The molecule has 1 fully saturated rings. The van der Waals surface area contributed by atoms with Gasteiger partial charge >= 0.3 is 0 Å². The van der Waals surface area contributed by atoms with Gasteiger partial charge in [0.1, 0.15) is 5.75 Å². The second-order valence-electron chi connectivity index (χ2n) is 4.45. The van der Waals surface area contributed by atoms with E-state index in [9.17, 15) is 14.7 Å². The SMILES string of the molecule is O=C1SC(=Cc2ccccc2)C(=O)N1c1cccc(O)c1. The van der Waals surface area contributed by atoms with Gasteiger partial charge in [-0.05, 0) is 35.5 Å². The van der Waals surface area contributed by atoms with Crippen molar-refractivity contribution in [1.29, 1.82) is 0 Å². The van der Waals surface area contributed by atoms with Gasteiger partial charge in [0.05, 0.1) is 10.6 Å². The Kier molecular flexibility index (Phi) is 3.50. The third kappa shape index (κ3) is 2.68. The maximum absolute atomic E-state index is 12.4. The molecule has 0 bridgehead atoms. The van der Waals surface area contributed by atoms with E-state index in [0.29, 0.717) is 10.6 Å². The van der Waals surface area contributed by atoms with E-state index in [1.165, 1.54) is 12.1 Å². The molecule has 0 spiro atoms. The molecule has 0 aromatic heterocycles. The van der Waals surface area contributed by atoms with Crippen LogP contribution in [0.3, 0.4) is 0 Å². The van der Waals surface area contributed by atoms with Crippen molar-refractivity contribution in [2.75, 3.05) is 4.90 Å². The van der Waals surface area contributed by atoms with Crippen LogP contribution in [-0.4, -0.2) is 16.3 Å². The summed E-state index contributed by atoms with van der Waals surface area (Å²) >= 11 is 0.894. The first-order valence-electron chi connectivity index (χ1n) is 6.27. The monoisotopic (exact) mass is 297 g/mol. The number of imide groups is 1. The second-order valence-corrected chi connectivity index (χ2v) is 5.44.